The van der Waals surface area contributed by atoms with E-state index in [0.717, 1.165) is 16.8 Å². The van der Waals surface area contributed by atoms with E-state index in [4.69, 9.17) is 16.7 Å². The van der Waals surface area contributed by atoms with Gasteiger partial charge in [0.25, 0.3) is 5.91 Å². The molecule has 1 aromatic carbocycles. The number of benzene rings is 1. The summed E-state index contributed by atoms with van der Waals surface area (Å²) < 4.78 is 39.1. The Balaban J connectivity index is 2.23. The molecule has 0 aliphatic heterocycles. The average molecular weight is 362 g/mol. The summed E-state index contributed by atoms with van der Waals surface area (Å²) in [6.45, 7) is 1.36. The number of anilines is 1. The molecule has 1 atom stereocenters. The number of alkyl halides is 3. The van der Waals surface area contributed by atoms with Crippen molar-refractivity contribution in [2.45, 2.75) is 19.1 Å². The van der Waals surface area contributed by atoms with Crippen molar-refractivity contribution in [1.29, 1.82) is 0 Å². The van der Waals surface area contributed by atoms with E-state index < -0.39 is 29.7 Å². The van der Waals surface area contributed by atoms with Crippen LogP contribution >= 0.6 is 11.6 Å². The van der Waals surface area contributed by atoms with Crippen molar-refractivity contribution < 1.29 is 27.9 Å². The van der Waals surface area contributed by atoms with Crippen LogP contribution in [0.15, 0.2) is 30.5 Å². The van der Waals surface area contributed by atoms with E-state index in [1.807, 2.05) is 0 Å². The third kappa shape index (κ3) is 3.85. The van der Waals surface area contributed by atoms with Crippen LogP contribution in [0.5, 0.6) is 0 Å². The highest BCUT2D eigenvalue weighted by Gasteiger charge is 2.31. The fraction of sp³-hybridized carbons (Fsp3) is 0.214. The number of nitrogens with zero attached hydrogens (tertiary/aromatic N) is 2. The predicted octanol–water partition coefficient (Wildman–Crippen LogP) is 3.45. The molecule has 1 amide bonds. The third-order valence-corrected chi connectivity index (χ3v) is 3.47. The summed E-state index contributed by atoms with van der Waals surface area (Å²) in [7, 11) is 0. The number of nitrogens with one attached hydrogen (secondary N) is 1. The summed E-state index contributed by atoms with van der Waals surface area (Å²) >= 11 is 5.79. The van der Waals surface area contributed by atoms with Crippen molar-refractivity contribution in [2.24, 2.45) is 0 Å². The van der Waals surface area contributed by atoms with Gasteiger partial charge in [-0.1, -0.05) is 11.6 Å². The molecule has 0 aliphatic carbocycles. The Hall–Kier alpha value is -2.55. The van der Waals surface area contributed by atoms with Gasteiger partial charge in [0.05, 0.1) is 16.3 Å². The molecular weight excluding hydrogens is 351 g/mol. The molecule has 1 unspecified atom stereocenters. The second kappa shape index (κ2) is 6.52. The number of carbonyl (C=O) groups excluding carboxylic acids is 1. The Morgan fingerprint density at radius 1 is 1.33 bits per heavy atom. The minimum Gasteiger partial charge on any atom is -0.480 e. The Labute approximate surface area is 138 Å². The molecule has 128 valence electrons. The van der Waals surface area contributed by atoms with E-state index in [9.17, 15) is 22.8 Å². The van der Waals surface area contributed by atoms with Crippen LogP contribution in [0.25, 0.3) is 0 Å². The maximum Gasteiger partial charge on any atom is 0.416 e. The highest BCUT2D eigenvalue weighted by Crippen LogP contribution is 2.33. The lowest BCUT2D eigenvalue weighted by molar-refractivity contribution is -0.140. The number of hydrogen-bond acceptors (Lipinski definition) is 3. The van der Waals surface area contributed by atoms with E-state index >= 15 is 0 Å². The first-order chi connectivity index (χ1) is 11.1. The van der Waals surface area contributed by atoms with Crippen LogP contribution in [0.4, 0.5) is 18.9 Å². The molecule has 10 heteroatoms. The minimum atomic E-state index is -4.58. The molecule has 0 spiro atoms. The van der Waals surface area contributed by atoms with Crippen LogP contribution in [0.1, 0.15) is 29.0 Å². The van der Waals surface area contributed by atoms with Crippen molar-refractivity contribution in [1.82, 2.24) is 9.78 Å². The zero-order valence-corrected chi connectivity index (χ0v) is 12.9. The average Bonchev–Trinajstić information content (AvgIpc) is 2.97. The number of halogens is 4. The molecule has 0 fully saturated rings. The van der Waals surface area contributed by atoms with Crippen LogP contribution in [0, 0.1) is 0 Å². The highest BCUT2D eigenvalue weighted by atomic mass is 35.5. The van der Waals surface area contributed by atoms with Crippen LogP contribution in [-0.4, -0.2) is 26.8 Å². The minimum absolute atomic E-state index is 0.0744. The lowest BCUT2D eigenvalue weighted by Crippen LogP contribution is -2.18. The van der Waals surface area contributed by atoms with Gasteiger partial charge in [0.1, 0.15) is 6.04 Å². The Morgan fingerprint density at radius 3 is 2.58 bits per heavy atom. The molecular formula is C14H11ClF3N3O3. The molecule has 0 saturated heterocycles. The summed E-state index contributed by atoms with van der Waals surface area (Å²) in [5.74, 6) is -1.96. The van der Waals surface area contributed by atoms with Crippen molar-refractivity contribution in [2.75, 3.05) is 5.32 Å². The van der Waals surface area contributed by atoms with Crippen LogP contribution in [0.2, 0.25) is 5.02 Å². The van der Waals surface area contributed by atoms with Crippen molar-refractivity contribution >= 4 is 29.2 Å². The van der Waals surface area contributed by atoms with E-state index in [1.54, 1.807) is 0 Å². The summed E-state index contributed by atoms with van der Waals surface area (Å²) in [5, 5.41) is 14.8. The van der Waals surface area contributed by atoms with Gasteiger partial charge in [-0.15, -0.1) is 0 Å². The number of carboxylic acids is 1. The smallest absolute Gasteiger partial charge is 0.416 e. The maximum absolute atomic E-state index is 12.7. The van der Waals surface area contributed by atoms with Gasteiger partial charge in [0.2, 0.25) is 0 Å². The van der Waals surface area contributed by atoms with Crippen LogP contribution in [-0.2, 0) is 11.0 Å². The fourth-order valence-corrected chi connectivity index (χ4v) is 1.94. The largest absolute Gasteiger partial charge is 0.480 e. The molecule has 24 heavy (non-hydrogen) atoms. The monoisotopic (exact) mass is 361 g/mol. The van der Waals surface area contributed by atoms with Gasteiger partial charge < -0.3 is 10.4 Å². The topological polar surface area (TPSA) is 84.2 Å². The maximum atomic E-state index is 12.7. The molecule has 6 nitrogen and oxygen atoms in total. The van der Waals surface area contributed by atoms with E-state index in [0.29, 0.717) is 6.07 Å². The summed E-state index contributed by atoms with van der Waals surface area (Å²) in [5.41, 5.74) is -1.35. The molecule has 2 rings (SSSR count). The van der Waals surface area contributed by atoms with Gasteiger partial charge >= 0.3 is 12.1 Å². The normalized spacial score (nSPS) is 12.7. The number of aliphatic carboxylic acids is 1. The molecule has 0 bridgehead atoms. The molecule has 2 aromatic rings. The lowest BCUT2D eigenvalue weighted by Gasteiger charge is -2.11. The summed E-state index contributed by atoms with van der Waals surface area (Å²) in [4.78, 5) is 22.9. The fourth-order valence-electron chi connectivity index (χ4n) is 1.77. The first kappa shape index (κ1) is 17.8. The SMILES string of the molecule is CC(C(=O)O)n1ccc(C(=O)Nc2cc(C(F)(F)F)ccc2Cl)n1. The van der Waals surface area contributed by atoms with Gasteiger partial charge in [0, 0.05) is 6.20 Å². The van der Waals surface area contributed by atoms with Crippen molar-refractivity contribution in [3.05, 3.63) is 46.7 Å². The number of rotatable bonds is 4. The second-order valence-electron chi connectivity index (χ2n) is 4.84. The Bertz CT molecular complexity index is 789. The first-order valence-electron chi connectivity index (χ1n) is 6.55. The summed E-state index contributed by atoms with van der Waals surface area (Å²) in [6, 6.07) is 2.77. The summed E-state index contributed by atoms with van der Waals surface area (Å²) in [6.07, 6.45) is -3.30. The van der Waals surface area contributed by atoms with E-state index in [1.165, 1.54) is 19.2 Å². The zero-order valence-electron chi connectivity index (χ0n) is 12.1. The third-order valence-electron chi connectivity index (χ3n) is 3.14. The number of carboxylic acid groups (broad SMARTS) is 1. The molecule has 0 radical (unpaired) electrons. The second-order valence-corrected chi connectivity index (χ2v) is 5.25. The predicted molar refractivity (Wildman–Crippen MR) is 79.0 cm³/mol. The number of amides is 1. The van der Waals surface area contributed by atoms with E-state index in [2.05, 4.69) is 10.4 Å². The van der Waals surface area contributed by atoms with Crippen LogP contribution in [0.3, 0.4) is 0 Å². The van der Waals surface area contributed by atoms with Gasteiger partial charge in [-0.25, -0.2) is 4.79 Å². The Kier molecular flexibility index (Phi) is 4.83. The number of carbonyl (C=O) groups is 2. The lowest BCUT2D eigenvalue weighted by atomic mass is 10.2. The van der Waals surface area contributed by atoms with Gasteiger partial charge in [0.15, 0.2) is 5.69 Å². The van der Waals surface area contributed by atoms with Crippen molar-refractivity contribution in [3.63, 3.8) is 0 Å². The quantitative estimate of drug-likeness (QED) is 0.873. The highest BCUT2D eigenvalue weighted by molar-refractivity contribution is 6.33. The molecule has 1 aromatic heterocycles. The molecule has 2 N–H and O–H groups in total. The zero-order chi connectivity index (χ0) is 18.1. The van der Waals surface area contributed by atoms with Crippen molar-refractivity contribution in [3.8, 4) is 0 Å². The Morgan fingerprint density at radius 2 is 2.00 bits per heavy atom. The number of aromatic nitrogens is 2. The van der Waals surface area contributed by atoms with Gasteiger partial charge in [-0.3, -0.25) is 9.48 Å². The first-order valence-corrected chi connectivity index (χ1v) is 6.93. The van der Waals surface area contributed by atoms with Gasteiger partial charge in [-0.05, 0) is 31.2 Å². The molecule has 1 heterocycles. The van der Waals surface area contributed by atoms with Gasteiger partial charge in [-0.2, -0.15) is 18.3 Å². The van der Waals surface area contributed by atoms with E-state index in [-0.39, 0.29) is 16.4 Å². The standard InChI is InChI=1S/C14H11ClF3N3O3/c1-7(13(23)24)21-5-4-10(20-21)12(22)19-11-6-8(14(16,17)18)2-3-9(11)15/h2-7H,1H3,(H,19,22)(H,23,24). The molecule has 0 aliphatic rings. The van der Waals surface area contributed by atoms with Crippen LogP contribution < -0.4 is 5.32 Å². The number of hydrogen-bond donors (Lipinski definition) is 2. The molecule has 0 saturated carbocycles.